The highest BCUT2D eigenvalue weighted by molar-refractivity contribution is 6.30. The van der Waals surface area contributed by atoms with Gasteiger partial charge in [0.05, 0.1) is 0 Å². The molecule has 3 heterocycles. The van der Waals surface area contributed by atoms with Crippen molar-refractivity contribution >= 4 is 23.4 Å². The van der Waals surface area contributed by atoms with Crippen molar-refractivity contribution in [3.8, 4) is 0 Å². The van der Waals surface area contributed by atoms with E-state index in [9.17, 15) is 9.59 Å². The fourth-order valence-corrected chi connectivity index (χ4v) is 4.40. The molecule has 140 valence electrons. The summed E-state index contributed by atoms with van der Waals surface area (Å²) in [6.45, 7) is 2.44. The van der Waals surface area contributed by atoms with Gasteiger partial charge in [-0.25, -0.2) is 4.63 Å². The van der Waals surface area contributed by atoms with Crippen LogP contribution in [0.2, 0.25) is 5.02 Å². The van der Waals surface area contributed by atoms with Crippen LogP contribution in [-0.2, 0) is 5.66 Å². The lowest BCUT2D eigenvalue weighted by atomic mass is 9.89. The highest BCUT2D eigenvalue weighted by Gasteiger charge is 2.60. The van der Waals surface area contributed by atoms with Crippen molar-refractivity contribution in [2.45, 2.75) is 12.6 Å². The first-order valence-electron chi connectivity index (χ1n) is 8.84. The zero-order valence-electron chi connectivity index (χ0n) is 14.9. The minimum Gasteiger partial charge on any atom is -0.306 e. The first kappa shape index (κ1) is 16.9. The Bertz CT molecular complexity index is 1110. The van der Waals surface area contributed by atoms with Crippen LogP contribution in [0, 0.1) is 6.92 Å². The van der Waals surface area contributed by atoms with Crippen LogP contribution < -0.4 is 0 Å². The van der Waals surface area contributed by atoms with Gasteiger partial charge in [-0.2, -0.15) is 0 Å². The van der Waals surface area contributed by atoms with Crippen molar-refractivity contribution in [3.05, 3.63) is 81.6 Å². The molecule has 1 unspecified atom stereocenters. The van der Waals surface area contributed by atoms with Gasteiger partial charge >= 0.3 is 0 Å². The molecular formula is C20H15ClN4O3. The normalized spacial score (nSPS) is 20.4. The summed E-state index contributed by atoms with van der Waals surface area (Å²) in [5.41, 5.74) is 1.64. The monoisotopic (exact) mass is 394 g/mol. The van der Waals surface area contributed by atoms with Gasteiger partial charge < -0.3 is 9.80 Å². The van der Waals surface area contributed by atoms with Gasteiger partial charge in [-0.3, -0.25) is 9.59 Å². The van der Waals surface area contributed by atoms with E-state index in [0.29, 0.717) is 29.4 Å². The third-order valence-corrected chi connectivity index (χ3v) is 5.71. The molecule has 5 rings (SSSR count). The molecule has 0 N–H and O–H groups in total. The lowest BCUT2D eigenvalue weighted by Crippen LogP contribution is -2.51. The van der Waals surface area contributed by atoms with Gasteiger partial charge in [-0.15, -0.1) is 0 Å². The first-order chi connectivity index (χ1) is 13.5. The average molecular weight is 395 g/mol. The van der Waals surface area contributed by atoms with Crippen LogP contribution in [0.5, 0.6) is 0 Å². The van der Waals surface area contributed by atoms with Gasteiger partial charge in [0, 0.05) is 34.8 Å². The molecule has 2 aromatic carbocycles. The van der Waals surface area contributed by atoms with E-state index in [4.69, 9.17) is 16.2 Å². The van der Waals surface area contributed by atoms with Crippen molar-refractivity contribution < 1.29 is 14.2 Å². The third-order valence-electron chi connectivity index (χ3n) is 5.45. The van der Waals surface area contributed by atoms with Crippen molar-refractivity contribution in [2.24, 2.45) is 0 Å². The maximum Gasteiger partial charge on any atom is 0.280 e. The molecule has 2 aliphatic heterocycles. The molecule has 0 saturated carbocycles. The zero-order chi connectivity index (χ0) is 19.5. The van der Waals surface area contributed by atoms with Gasteiger partial charge in [-0.05, 0) is 30.3 Å². The highest BCUT2D eigenvalue weighted by Crippen LogP contribution is 2.50. The second-order valence-electron chi connectivity index (χ2n) is 6.84. The smallest absolute Gasteiger partial charge is 0.280 e. The fraction of sp³-hybridized carbons (Fsp3) is 0.200. The number of amides is 2. The number of nitrogens with zero attached hydrogens (tertiary/aromatic N) is 4. The molecule has 0 radical (unpaired) electrons. The Labute approximate surface area is 165 Å². The average Bonchev–Trinajstić information content (AvgIpc) is 3.37. The summed E-state index contributed by atoms with van der Waals surface area (Å²) in [6, 6.07) is 14.6. The van der Waals surface area contributed by atoms with Crippen LogP contribution in [0.15, 0.2) is 53.2 Å². The molecule has 0 bridgehead atoms. The van der Waals surface area contributed by atoms with Crippen molar-refractivity contribution in [3.63, 3.8) is 0 Å². The van der Waals surface area contributed by atoms with E-state index in [1.54, 1.807) is 34.9 Å². The van der Waals surface area contributed by atoms with Gasteiger partial charge in [0.25, 0.3) is 11.8 Å². The van der Waals surface area contributed by atoms with Crippen molar-refractivity contribution in [1.29, 1.82) is 0 Å². The van der Waals surface area contributed by atoms with E-state index in [2.05, 4.69) is 10.3 Å². The number of fused-ring (bicyclic) bond motifs is 3. The van der Waals surface area contributed by atoms with E-state index in [0.717, 1.165) is 11.1 Å². The fourth-order valence-electron chi connectivity index (χ4n) is 4.28. The van der Waals surface area contributed by atoms with E-state index in [1.165, 1.54) is 0 Å². The SMILES string of the molecule is Cc1nonc1C(=O)N1CCN2C(=O)c3ccccc3C21c1ccc(Cl)cc1. The topological polar surface area (TPSA) is 79.5 Å². The van der Waals surface area contributed by atoms with Gasteiger partial charge in [0.2, 0.25) is 0 Å². The Morgan fingerprint density at radius 1 is 1.11 bits per heavy atom. The Morgan fingerprint density at radius 2 is 1.86 bits per heavy atom. The van der Waals surface area contributed by atoms with E-state index in [-0.39, 0.29) is 17.5 Å². The van der Waals surface area contributed by atoms with Crippen LogP contribution >= 0.6 is 11.6 Å². The molecule has 28 heavy (non-hydrogen) atoms. The summed E-state index contributed by atoms with van der Waals surface area (Å²) in [5, 5.41) is 8.10. The highest BCUT2D eigenvalue weighted by atomic mass is 35.5. The van der Waals surface area contributed by atoms with Crippen molar-refractivity contribution in [1.82, 2.24) is 20.1 Å². The molecule has 1 fully saturated rings. The molecule has 2 aliphatic rings. The molecule has 1 atom stereocenters. The number of benzene rings is 2. The number of carbonyl (C=O) groups excluding carboxylic acids is 2. The summed E-state index contributed by atoms with van der Waals surface area (Å²) in [4.78, 5) is 30.0. The summed E-state index contributed by atoms with van der Waals surface area (Å²) in [7, 11) is 0. The molecule has 8 heteroatoms. The van der Waals surface area contributed by atoms with Crippen LogP contribution in [0.3, 0.4) is 0 Å². The number of carbonyl (C=O) groups is 2. The molecule has 3 aromatic rings. The molecule has 0 aliphatic carbocycles. The second-order valence-corrected chi connectivity index (χ2v) is 7.27. The van der Waals surface area contributed by atoms with Crippen LogP contribution in [0.1, 0.15) is 37.7 Å². The largest absolute Gasteiger partial charge is 0.306 e. The number of halogens is 1. The van der Waals surface area contributed by atoms with Crippen LogP contribution in [-0.4, -0.2) is 45.0 Å². The molecule has 1 saturated heterocycles. The van der Waals surface area contributed by atoms with Gasteiger partial charge in [0.1, 0.15) is 5.69 Å². The summed E-state index contributed by atoms with van der Waals surface area (Å²) in [6.07, 6.45) is 0. The van der Waals surface area contributed by atoms with Crippen LogP contribution in [0.4, 0.5) is 0 Å². The molecule has 2 amide bonds. The summed E-state index contributed by atoms with van der Waals surface area (Å²) < 4.78 is 4.74. The maximum atomic E-state index is 13.4. The molecule has 0 spiro atoms. The van der Waals surface area contributed by atoms with Gasteiger partial charge in [-0.1, -0.05) is 47.1 Å². The molecule has 7 nitrogen and oxygen atoms in total. The Kier molecular flexibility index (Phi) is 3.57. The van der Waals surface area contributed by atoms with E-state index < -0.39 is 5.66 Å². The standard InChI is InChI=1S/C20H15ClN4O3/c1-12-17(23-28-22-12)19(27)25-11-10-24-18(26)15-4-2-3-5-16(15)20(24,25)13-6-8-14(21)9-7-13/h2-9H,10-11H2,1H3. The third kappa shape index (κ3) is 2.05. The van der Waals surface area contributed by atoms with E-state index in [1.807, 2.05) is 30.3 Å². The Morgan fingerprint density at radius 3 is 2.57 bits per heavy atom. The quantitative estimate of drug-likeness (QED) is 0.667. The second kappa shape index (κ2) is 5.90. The lowest BCUT2D eigenvalue weighted by molar-refractivity contribution is 0.0368. The summed E-state index contributed by atoms with van der Waals surface area (Å²) >= 11 is 6.10. The summed E-state index contributed by atoms with van der Waals surface area (Å²) in [5.74, 6) is -0.434. The Balaban J connectivity index is 1.77. The zero-order valence-corrected chi connectivity index (χ0v) is 15.7. The van der Waals surface area contributed by atoms with Gasteiger partial charge in [0.15, 0.2) is 11.4 Å². The van der Waals surface area contributed by atoms with E-state index >= 15 is 0 Å². The molecule has 1 aromatic heterocycles. The number of hydrogen-bond donors (Lipinski definition) is 0. The molecular weight excluding hydrogens is 380 g/mol. The minimum absolute atomic E-state index is 0.101. The number of hydrogen-bond acceptors (Lipinski definition) is 5. The number of aryl methyl sites for hydroxylation is 1. The minimum atomic E-state index is -1.05. The predicted octanol–water partition coefficient (Wildman–Crippen LogP) is 2.84. The lowest BCUT2D eigenvalue weighted by Gasteiger charge is -2.40. The maximum absolute atomic E-state index is 13.4. The van der Waals surface area contributed by atoms with Crippen LogP contribution in [0.25, 0.3) is 0 Å². The Hall–Kier alpha value is -3.19. The first-order valence-corrected chi connectivity index (χ1v) is 9.21. The predicted molar refractivity (Wildman–Crippen MR) is 99.8 cm³/mol. The number of rotatable bonds is 2. The van der Waals surface area contributed by atoms with Crippen molar-refractivity contribution in [2.75, 3.05) is 13.1 Å². The number of aromatic nitrogens is 2.